The Morgan fingerprint density at radius 3 is 2.38 bits per heavy atom. The Bertz CT molecular complexity index is 2120. The molecule has 17 heteroatoms. The fourth-order valence-electron chi connectivity index (χ4n) is 6.62. The number of nitro groups is 1. The summed E-state index contributed by atoms with van der Waals surface area (Å²) in [5.74, 6) is -0.226. The SMILES string of the molecule is CCOc1ccc(C(=O)N2CCN(c3ccc(-c4ccccc4OCC)nc3CN(CCN)S(=O)(=O)c3ccccc3[N+](=O)[O-])[C@H](CC)C2)c(C(F)(F)F)c1. The van der Waals surface area contributed by atoms with E-state index < -0.39 is 54.8 Å². The lowest BCUT2D eigenvalue weighted by atomic mass is 10.0. The van der Waals surface area contributed by atoms with E-state index in [1.54, 1.807) is 25.1 Å². The van der Waals surface area contributed by atoms with E-state index >= 15 is 0 Å². The van der Waals surface area contributed by atoms with E-state index in [4.69, 9.17) is 20.2 Å². The number of carbonyl (C=O) groups is 1. The van der Waals surface area contributed by atoms with Crippen LogP contribution >= 0.6 is 0 Å². The highest BCUT2D eigenvalue weighted by Crippen LogP contribution is 2.37. The Labute approximate surface area is 317 Å². The second kappa shape index (κ2) is 17.5. The van der Waals surface area contributed by atoms with Crippen LogP contribution in [-0.2, 0) is 22.7 Å². The Hall–Kier alpha value is -5.26. The van der Waals surface area contributed by atoms with Gasteiger partial charge in [0.15, 0.2) is 4.90 Å². The van der Waals surface area contributed by atoms with Crippen LogP contribution in [0.1, 0.15) is 48.8 Å². The maximum absolute atomic E-state index is 14.2. The molecule has 294 valence electrons. The van der Waals surface area contributed by atoms with Gasteiger partial charge in [-0.25, -0.2) is 13.4 Å². The molecule has 13 nitrogen and oxygen atoms in total. The molecule has 0 radical (unpaired) electrons. The number of nitrogens with two attached hydrogens (primary N) is 1. The van der Waals surface area contributed by atoms with E-state index in [9.17, 15) is 36.5 Å². The quantitative estimate of drug-likeness (QED) is 0.106. The lowest BCUT2D eigenvalue weighted by Crippen LogP contribution is -2.55. The first-order valence-electron chi connectivity index (χ1n) is 17.8. The molecule has 1 saturated heterocycles. The van der Waals surface area contributed by atoms with Gasteiger partial charge in [-0.05, 0) is 68.8 Å². The van der Waals surface area contributed by atoms with Gasteiger partial charge in [-0.1, -0.05) is 31.2 Å². The highest BCUT2D eigenvalue weighted by molar-refractivity contribution is 7.89. The molecule has 0 spiro atoms. The second-order valence-electron chi connectivity index (χ2n) is 12.6. The number of benzene rings is 3. The maximum atomic E-state index is 14.2. The van der Waals surface area contributed by atoms with Crippen molar-refractivity contribution in [2.45, 2.75) is 50.9 Å². The van der Waals surface area contributed by atoms with Crippen LogP contribution < -0.4 is 20.1 Å². The Kier molecular flexibility index (Phi) is 13.0. The Balaban J connectivity index is 1.56. The molecule has 3 aromatic carbocycles. The van der Waals surface area contributed by atoms with Crippen LogP contribution in [-0.4, -0.2) is 85.4 Å². The van der Waals surface area contributed by atoms with Crippen molar-refractivity contribution in [1.82, 2.24) is 14.2 Å². The average molecular weight is 785 g/mol. The van der Waals surface area contributed by atoms with E-state index in [0.717, 1.165) is 28.6 Å². The molecule has 1 amide bonds. The molecule has 1 aromatic heterocycles. The molecular weight excluding hydrogens is 742 g/mol. The van der Waals surface area contributed by atoms with Crippen LogP contribution in [0.5, 0.6) is 11.5 Å². The summed E-state index contributed by atoms with van der Waals surface area (Å²) < 4.78 is 82.9. The molecule has 0 bridgehead atoms. The molecule has 0 unspecified atom stereocenters. The predicted octanol–water partition coefficient (Wildman–Crippen LogP) is 6.36. The van der Waals surface area contributed by atoms with Gasteiger partial charge in [-0.2, -0.15) is 17.5 Å². The summed E-state index contributed by atoms with van der Waals surface area (Å²) in [6.07, 6.45) is -4.34. The Morgan fingerprint density at radius 2 is 1.71 bits per heavy atom. The maximum Gasteiger partial charge on any atom is 0.417 e. The molecule has 0 saturated carbocycles. The number of hydrogen-bond acceptors (Lipinski definition) is 10. The van der Waals surface area contributed by atoms with Crippen molar-refractivity contribution in [1.29, 1.82) is 0 Å². The fourth-order valence-corrected chi connectivity index (χ4v) is 8.19. The van der Waals surface area contributed by atoms with E-state index in [2.05, 4.69) is 0 Å². The van der Waals surface area contributed by atoms with Gasteiger partial charge in [-0.15, -0.1) is 0 Å². The third kappa shape index (κ3) is 9.01. The van der Waals surface area contributed by atoms with Crippen molar-refractivity contribution in [3.8, 4) is 22.8 Å². The molecule has 1 aliphatic rings. The number of para-hydroxylation sites is 2. The minimum Gasteiger partial charge on any atom is -0.494 e. The van der Waals surface area contributed by atoms with Crippen molar-refractivity contribution in [3.05, 3.63) is 106 Å². The number of aromatic nitrogens is 1. The first-order valence-corrected chi connectivity index (χ1v) is 19.2. The zero-order valence-corrected chi connectivity index (χ0v) is 31.5. The third-order valence-corrected chi connectivity index (χ3v) is 11.1. The lowest BCUT2D eigenvalue weighted by molar-refractivity contribution is -0.387. The molecular formula is C38H43F3N6O7S. The van der Waals surface area contributed by atoms with Gasteiger partial charge in [0, 0.05) is 50.4 Å². The number of nitro benzene ring substituents is 1. The van der Waals surface area contributed by atoms with Gasteiger partial charge in [-0.3, -0.25) is 14.9 Å². The smallest absolute Gasteiger partial charge is 0.417 e. The molecule has 0 aliphatic carbocycles. The van der Waals surface area contributed by atoms with Crippen molar-refractivity contribution >= 4 is 27.3 Å². The number of anilines is 1. The van der Waals surface area contributed by atoms with Gasteiger partial charge in [0.2, 0.25) is 10.0 Å². The van der Waals surface area contributed by atoms with Crippen molar-refractivity contribution in [2.24, 2.45) is 5.73 Å². The summed E-state index contributed by atoms with van der Waals surface area (Å²) in [7, 11) is -4.50. The molecule has 5 rings (SSSR count). The van der Waals surface area contributed by atoms with E-state index in [-0.39, 0.29) is 51.6 Å². The molecule has 2 heterocycles. The molecule has 4 aromatic rings. The monoisotopic (exact) mass is 784 g/mol. The van der Waals surface area contributed by atoms with Crippen LogP contribution in [0.3, 0.4) is 0 Å². The number of halogens is 3. The van der Waals surface area contributed by atoms with Gasteiger partial charge in [0.25, 0.3) is 11.6 Å². The minimum atomic E-state index is -4.80. The number of hydrogen-bond donors (Lipinski definition) is 1. The molecule has 1 aliphatic heterocycles. The second-order valence-corrected chi connectivity index (χ2v) is 14.5. The van der Waals surface area contributed by atoms with Gasteiger partial charge in [0.05, 0.1) is 52.9 Å². The number of sulfonamides is 1. The van der Waals surface area contributed by atoms with Crippen LogP contribution in [0.2, 0.25) is 0 Å². The topological polar surface area (TPSA) is 161 Å². The number of nitrogens with zero attached hydrogens (tertiary/aromatic N) is 5. The highest BCUT2D eigenvalue weighted by atomic mass is 32.2. The van der Waals surface area contributed by atoms with Crippen LogP contribution in [0.25, 0.3) is 11.3 Å². The third-order valence-electron chi connectivity index (χ3n) is 9.19. The number of ether oxygens (including phenoxy) is 2. The van der Waals surface area contributed by atoms with E-state index in [1.807, 2.05) is 36.9 Å². The largest absolute Gasteiger partial charge is 0.494 e. The summed E-state index contributed by atoms with van der Waals surface area (Å²) in [5.41, 5.74) is 5.66. The van der Waals surface area contributed by atoms with Gasteiger partial charge in [0.1, 0.15) is 11.5 Å². The van der Waals surface area contributed by atoms with Crippen molar-refractivity contribution in [3.63, 3.8) is 0 Å². The number of piperazine rings is 1. The number of rotatable bonds is 15. The predicted molar refractivity (Wildman–Crippen MR) is 201 cm³/mol. The Morgan fingerprint density at radius 1 is 1.00 bits per heavy atom. The summed E-state index contributed by atoms with van der Waals surface area (Å²) in [6.45, 7) is 5.56. The van der Waals surface area contributed by atoms with E-state index in [1.165, 1.54) is 23.1 Å². The van der Waals surface area contributed by atoms with Crippen LogP contribution in [0.15, 0.2) is 83.8 Å². The fraction of sp³-hybridized carbons (Fsp3) is 0.368. The minimum absolute atomic E-state index is 0.00236. The van der Waals surface area contributed by atoms with Gasteiger partial charge < -0.3 is 25.0 Å². The van der Waals surface area contributed by atoms with E-state index in [0.29, 0.717) is 41.4 Å². The number of carbonyl (C=O) groups excluding carboxylic acids is 1. The lowest BCUT2D eigenvalue weighted by Gasteiger charge is -2.43. The summed E-state index contributed by atoms with van der Waals surface area (Å²) in [5, 5.41) is 11.9. The normalized spacial score (nSPS) is 14.9. The average Bonchev–Trinajstić information content (AvgIpc) is 3.17. The molecule has 55 heavy (non-hydrogen) atoms. The van der Waals surface area contributed by atoms with Crippen molar-refractivity contribution < 1.29 is 40.8 Å². The first kappa shape index (κ1) is 40.9. The van der Waals surface area contributed by atoms with Gasteiger partial charge >= 0.3 is 6.18 Å². The number of pyridine rings is 1. The first-order chi connectivity index (χ1) is 26.2. The summed E-state index contributed by atoms with van der Waals surface area (Å²) in [6, 6.07) is 18.7. The molecule has 1 atom stereocenters. The van der Waals surface area contributed by atoms with Crippen LogP contribution in [0.4, 0.5) is 24.5 Å². The van der Waals surface area contributed by atoms with Crippen molar-refractivity contribution in [2.75, 3.05) is 50.8 Å². The number of amides is 1. The highest BCUT2D eigenvalue weighted by Gasteiger charge is 2.39. The molecule has 2 N–H and O–H groups in total. The molecule has 1 fully saturated rings. The zero-order chi connectivity index (χ0) is 39.9. The van der Waals surface area contributed by atoms with Crippen LogP contribution in [0, 0.1) is 10.1 Å². The standard InChI is InChI=1S/C38H43F3N6O7S/c1-4-26-24-44(37(48)28-16-15-27(53-5-2)23-30(28)38(39,40)41)21-22-46(26)33-18-17-31(29-11-7-9-13-35(29)54-6-3)43-32(33)25-45(20-19-42)55(51,52)36-14-10-8-12-34(36)47(49)50/h7-18,23,26H,4-6,19-22,24-25,42H2,1-3H3/t26-/m1/s1. The zero-order valence-electron chi connectivity index (χ0n) is 30.7. The summed E-state index contributed by atoms with van der Waals surface area (Å²) >= 11 is 0. The number of alkyl halides is 3. The summed E-state index contributed by atoms with van der Waals surface area (Å²) in [4.78, 5) is 32.7.